The van der Waals surface area contributed by atoms with Gasteiger partial charge in [-0.05, 0) is 31.0 Å². The van der Waals surface area contributed by atoms with Crippen LogP contribution in [0.5, 0.6) is 0 Å². The number of hydrogen-bond donors (Lipinski definition) is 3. The Hall–Kier alpha value is -1.46. The summed E-state index contributed by atoms with van der Waals surface area (Å²) in [6.07, 6.45) is 2.19. The highest BCUT2D eigenvalue weighted by Crippen LogP contribution is 2.34. The monoisotopic (exact) mass is 269 g/mol. The number of nitrogens with zero attached hydrogens (tertiary/aromatic N) is 2. The van der Waals surface area contributed by atoms with Crippen molar-refractivity contribution in [2.24, 2.45) is 10.9 Å². The molecule has 0 aromatic heterocycles. The van der Waals surface area contributed by atoms with E-state index < -0.39 is 0 Å². The molecule has 0 bridgehead atoms. The number of aliphatic hydroxyl groups is 1. The third-order valence-electron chi connectivity index (χ3n) is 2.98. The first-order valence-electron chi connectivity index (χ1n) is 5.82. The van der Waals surface area contributed by atoms with Crippen LogP contribution in [-0.4, -0.2) is 35.3 Å². The summed E-state index contributed by atoms with van der Waals surface area (Å²) in [5, 5.41) is 21.5. The molecule has 0 radical (unpaired) electrons. The van der Waals surface area contributed by atoms with Crippen LogP contribution in [0.25, 0.3) is 0 Å². The quantitative estimate of drug-likeness (QED) is 0.327. The molecule has 1 aliphatic rings. The van der Waals surface area contributed by atoms with Gasteiger partial charge in [0.05, 0.1) is 6.61 Å². The fourth-order valence-corrected chi connectivity index (χ4v) is 2.18. The Morgan fingerprint density at radius 3 is 2.78 bits per heavy atom. The molecule has 0 saturated heterocycles. The van der Waals surface area contributed by atoms with Crippen molar-refractivity contribution in [1.29, 1.82) is 0 Å². The SMILES string of the molecule is NC(=NO)c1cc(Cl)ccc1N(CCO)C1CC1. The largest absolute Gasteiger partial charge is 0.409 e. The fraction of sp³-hybridized carbons (Fsp3) is 0.417. The minimum atomic E-state index is 0.0242. The summed E-state index contributed by atoms with van der Waals surface area (Å²) in [6, 6.07) is 5.68. The molecule has 18 heavy (non-hydrogen) atoms. The van der Waals surface area contributed by atoms with Crippen molar-refractivity contribution in [3.05, 3.63) is 28.8 Å². The summed E-state index contributed by atoms with van der Waals surface area (Å²) in [6.45, 7) is 0.590. The minimum absolute atomic E-state index is 0.0242. The van der Waals surface area contributed by atoms with E-state index >= 15 is 0 Å². The van der Waals surface area contributed by atoms with Gasteiger partial charge in [-0.1, -0.05) is 16.8 Å². The van der Waals surface area contributed by atoms with Gasteiger partial charge in [0.25, 0.3) is 0 Å². The molecular formula is C12H16ClN3O2. The average molecular weight is 270 g/mol. The van der Waals surface area contributed by atoms with Crippen LogP contribution < -0.4 is 10.6 Å². The molecule has 1 saturated carbocycles. The van der Waals surface area contributed by atoms with E-state index in [0.717, 1.165) is 18.5 Å². The molecule has 0 heterocycles. The number of benzene rings is 1. The van der Waals surface area contributed by atoms with E-state index in [1.54, 1.807) is 12.1 Å². The van der Waals surface area contributed by atoms with Crippen molar-refractivity contribution >= 4 is 23.1 Å². The summed E-state index contributed by atoms with van der Waals surface area (Å²) in [5.41, 5.74) is 7.10. The van der Waals surface area contributed by atoms with Crippen molar-refractivity contribution in [3.8, 4) is 0 Å². The van der Waals surface area contributed by atoms with Crippen LogP contribution >= 0.6 is 11.6 Å². The lowest BCUT2D eigenvalue weighted by atomic mass is 10.1. The summed E-state index contributed by atoms with van der Waals surface area (Å²) in [4.78, 5) is 2.07. The van der Waals surface area contributed by atoms with E-state index in [9.17, 15) is 0 Å². The molecule has 1 aliphatic carbocycles. The highest BCUT2D eigenvalue weighted by Gasteiger charge is 2.30. The zero-order valence-electron chi connectivity index (χ0n) is 9.88. The molecular weight excluding hydrogens is 254 g/mol. The van der Waals surface area contributed by atoms with Crippen molar-refractivity contribution < 1.29 is 10.3 Å². The van der Waals surface area contributed by atoms with Crippen LogP contribution in [0.3, 0.4) is 0 Å². The third-order valence-corrected chi connectivity index (χ3v) is 3.22. The summed E-state index contributed by atoms with van der Waals surface area (Å²) in [7, 11) is 0. The van der Waals surface area contributed by atoms with E-state index in [1.807, 2.05) is 6.07 Å². The highest BCUT2D eigenvalue weighted by atomic mass is 35.5. The van der Waals surface area contributed by atoms with E-state index in [-0.39, 0.29) is 12.4 Å². The Bertz CT molecular complexity index is 461. The molecule has 0 spiro atoms. The van der Waals surface area contributed by atoms with Gasteiger partial charge in [0.2, 0.25) is 0 Å². The number of oxime groups is 1. The Morgan fingerprint density at radius 1 is 1.50 bits per heavy atom. The van der Waals surface area contributed by atoms with Gasteiger partial charge in [0, 0.05) is 28.9 Å². The Kier molecular flexibility index (Phi) is 3.93. The maximum atomic E-state index is 9.14. The molecule has 98 valence electrons. The zero-order valence-corrected chi connectivity index (χ0v) is 10.6. The lowest BCUT2D eigenvalue weighted by Crippen LogP contribution is -2.31. The molecule has 0 atom stereocenters. The van der Waals surface area contributed by atoms with Crippen molar-refractivity contribution in [3.63, 3.8) is 0 Å². The maximum Gasteiger partial charge on any atom is 0.172 e. The number of aliphatic hydroxyl groups excluding tert-OH is 1. The molecule has 1 aromatic rings. The maximum absolute atomic E-state index is 9.14. The first kappa shape index (κ1) is 13.0. The summed E-state index contributed by atoms with van der Waals surface area (Å²) < 4.78 is 0. The van der Waals surface area contributed by atoms with Crippen LogP contribution in [0.2, 0.25) is 5.02 Å². The first-order valence-corrected chi connectivity index (χ1v) is 6.20. The molecule has 2 rings (SSSR count). The Morgan fingerprint density at radius 2 is 2.22 bits per heavy atom. The van der Waals surface area contributed by atoms with E-state index in [2.05, 4.69) is 10.1 Å². The number of anilines is 1. The highest BCUT2D eigenvalue weighted by molar-refractivity contribution is 6.31. The molecule has 1 aromatic carbocycles. The van der Waals surface area contributed by atoms with Crippen LogP contribution in [0.15, 0.2) is 23.4 Å². The van der Waals surface area contributed by atoms with E-state index in [0.29, 0.717) is 23.2 Å². The molecule has 0 amide bonds. The molecule has 6 heteroatoms. The van der Waals surface area contributed by atoms with E-state index in [4.69, 9.17) is 27.6 Å². The second-order valence-corrected chi connectivity index (χ2v) is 4.73. The third kappa shape index (κ3) is 2.68. The van der Waals surface area contributed by atoms with Crippen LogP contribution in [0, 0.1) is 0 Å². The minimum Gasteiger partial charge on any atom is -0.409 e. The van der Waals surface area contributed by atoms with Crippen LogP contribution in [0.1, 0.15) is 18.4 Å². The first-order chi connectivity index (χ1) is 8.67. The summed E-state index contributed by atoms with van der Waals surface area (Å²) in [5.74, 6) is 0.0242. The van der Waals surface area contributed by atoms with Crippen LogP contribution in [0.4, 0.5) is 5.69 Å². The molecule has 4 N–H and O–H groups in total. The number of hydrogen-bond acceptors (Lipinski definition) is 4. The fourth-order valence-electron chi connectivity index (χ4n) is 2.01. The second-order valence-electron chi connectivity index (χ2n) is 4.29. The molecule has 1 fully saturated rings. The van der Waals surface area contributed by atoms with Gasteiger partial charge < -0.3 is 20.9 Å². The van der Waals surface area contributed by atoms with Crippen LogP contribution in [-0.2, 0) is 0 Å². The predicted molar refractivity (Wildman–Crippen MR) is 71.4 cm³/mol. The zero-order chi connectivity index (χ0) is 13.1. The lowest BCUT2D eigenvalue weighted by Gasteiger charge is -2.26. The smallest absolute Gasteiger partial charge is 0.172 e. The second kappa shape index (κ2) is 5.46. The molecule has 0 unspecified atom stereocenters. The van der Waals surface area contributed by atoms with Gasteiger partial charge in [-0.25, -0.2) is 0 Å². The van der Waals surface area contributed by atoms with Crippen molar-refractivity contribution in [2.75, 3.05) is 18.1 Å². The number of amidine groups is 1. The Balaban J connectivity index is 2.41. The van der Waals surface area contributed by atoms with Crippen molar-refractivity contribution in [1.82, 2.24) is 0 Å². The number of halogens is 1. The lowest BCUT2D eigenvalue weighted by molar-refractivity contribution is 0.301. The predicted octanol–water partition coefficient (Wildman–Crippen LogP) is 1.40. The van der Waals surface area contributed by atoms with Gasteiger partial charge in [-0.15, -0.1) is 0 Å². The number of rotatable bonds is 5. The topological polar surface area (TPSA) is 82.1 Å². The Labute approximate surface area is 110 Å². The van der Waals surface area contributed by atoms with Gasteiger partial charge in [-0.3, -0.25) is 0 Å². The average Bonchev–Trinajstić information content (AvgIpc) is 3.19. The summed E-state index contributed by atoms with van der Waals surface area (Å²) >= 11 is 5.93. The van der Waals surface area contributed by atoms with Crippen molar-refractivity contribution in [2.45, 2.75) is 18.9 Å². The van der Waals surface area contributed by atoms with Gasteiger partial charge in [0.1, 0.15) is 0 Å². The van der Waals surface area contributed by atoms with Gasteiger partial charge in [-0.2, -0.15) is 0 Å². The molecule has 0 aliphatic heterocycles. The van der Waals surface area contributed by atoms with Gasteiger partial charge >= 0.3 is 0 Å². The van der Waals surface area contributed by atoms with E-state index in [1.165, 1.54) is 0 Å². The molecule has 5 nitrogen and oxygen atoms in total. The standard InChI is InChI=1S/C12H16ClN3O2/c13-8-1-4-11(10(7-8)12(14)15-18)16(5-6-17)9-2-3-9/h1,4,7,9,17-18H,2-3,5-6H2,(H2,14,15). The van der Waals surface area contributed by atoms with Gasteiger partial charge in [0.15, 0.2) is 5.84 Å². The normalized spacial score (nSPS) is 15.8. The number of nitrogens with two attached hydrogens (primary N) is 1.